The van der Waals surface area contributed by atoms with Crippen LogP contribution in [0.4, 0.5) is 0 Å². The summed E-state index contributed by atoms with van der Waals surface area (Å²) in [5.41, 5.74) is 1.36. The Hall–Kier alpha value is -1.45. The molecule has 3 nitrogen and oxygen atoms in total. The lowest BCUT2D eigenvalue weighted by molar-refractivity contribution is 0.181. The summed E-state index contributed by atoms with van der Waals surface area (Å²) >= 11 is 0. The predicted molar refractivity (Wildman–Crippen MR) is 83.7 cm³/mol. The number of hydrogen-bond acceptors (Lipinski definition) is 3. The highest BCUT2D eigenvalue weighted by Crippen LogP contribution is 2.18. The van der Waals surface area contributed by atoms with Crippen LogP contribution >= 0.6 is 0 Å². The Bertz CT molecular complexity index is 562. The number of pyridine rings is 1. The van der Waals surface area contributed by atoms with Crippen LogP contribution in [-0.2, 0) is 6.54 Å². The highest BCUT2D eigenvalue weighted by Gasteiger charge is 2.17. The molecule has 1 N–H and O–H groups in total. The van der Waals surface area contributed by atoms with E-state index in [1.54, 1.807) is 0 Å². The average molecular weight is 269 g/mol. The van der Waals surface area contributed by atoms with Gasteiger partial charge < -0.3 is 10.2 Å². The summed E-state index contributed by atoms with van der Waals surface area (Å²) < 4.78 is 0. The molecule has 1 aliphatic heterocycles. The third-order valence-corrected chi connectivity index (χ3v) is 4.39. The lowest BCUT2D eigenvalue weighted by atomic mass is 10.0. The third kappa shape index (κ3) is 3.00. The number of piperidine rings is 1. The van der Waals surface area contributed by atoms with E-state index < -0.39 is 0 Å². The summed E-state index contributed by atoms with van der Waals surface area (Å²) in [6.45, 7) is 3.26. The fourth-order valence-corrected chi connectivity index (χ4v) is 3.12. The molecule has 1 aromatic heterocycles. The Morgan fingerprint density at radius 3 is 3.15 bits per heavy atom. The molecular formula is C17H23N3. The Kier molecular flexibility index (Phi) is 4.28. The number of nitrogens with zero attached hydrogens (tertiary/aromatic N) is 2. The van der Waals surface area contributed by atoms with Crippen LogP contribution < -0.4 is 5.32 Å². The van der Waals surface area contributed by atoms with E-state index >= 15 is 0 Å². The fourth-order valence-electron chi connectivity index (χ4n) is 3.12. The maximum absolute atomic E-state index is 4.19. The van der Waals surface area contributed by atoms with Gasteiger partial charge in [-0.15, -0.1) is 0 Å². The summed E-state index contributed by atoms with van der Waals surface area (Å²) in [6, 6.07) is 9.26. The van der Waals surface area contributed by atoms with Gasteiger partial charge in [-0.25, -0.2) is 0 Å². The second-order valence-corrected chi connectivity index (χ2v) is 5.78. The topological polar surface area (TPSA) is 28.2 Å². The average Bonchev–Trinajstić information content (AvgIpc) is 2.49. The van der Waals surface area contributed by atoms with Crippen LogP contribution in [0.1, 0.15) is 24.8 Å². The molecule has 1 aromatic carbocycles. The quantitative estimate of drug-likeness (QED) is 0.925. The largest absolute Gasteiger partial charge is 0.311 e. The molecule has 0 aliphatic carbocycles. The van der Waals surface area contributed by atoms with Crippen molar-refractivity contribution in [2.75, 3.05) is 20.1 Å². The van der Waals surface area contributed by atoms with Crippen LogP contribution in [0.15, 0.2) is 36.7 Å². The second kappa shape index (κ2) is 6.33. The van der Waals surface area contributed by atoms with Crippen molar-refractivity contribution in [1.82, 2.24) is 15.2 Å². The molecular weight excluding hydrogens is 246 g/mol. The highest BCUT2D eigenvalue weighted by atomic mass is 15.2. The first-order chi connectivity index (χ1) is 9.84. The van der Waals surface area contributed by atoms with Crippen LogP contribution in [0.2, 0.25) is 0 Å². The molecule has 3 heteroatoms. The molecule has 1 fully saturated rings. The van der Waals surface area contributed by atoms with Crippen LogP contribution in [0, 0.1) is 0 Å². The molecule has 20 heavy (non-hydrogen) atoms. The molecule has 0 amide bonds. The third-order valence-electron chi connectivity index (χ3n) is 4.39. The molecule has 1 saturated heterocycles. The van der Waals surface area contributed by atoms with Gasteiger partial charge in [0, 0.05) is 36.9 Å². The first-order valence-electron chi connectivity index (χ1n) is 7.57. The minimum Gasteiger partial charge on any atom is -0.311 e. The second-order valence-electron chi connectivity index (χ2n) is 5.78. The van der Waals surface area contributed by atoms with Crippen molar-refractivity contribution in [3.8, 4) is 0 Å². The number of hydrogen-bond donors (Lipinski definition) is 1. The lowest BCUT2D eigenvalue weighted by Gasteiger charge is -2.32. The molecule has 0 spiro atoms. The van der Waals surface area contributed by atoms with Crippen LogP contribution in [0.5, 0.6) is 0 Å². The summed E-state index contributed by atoms with van der Waals surface area (Å²) in [5.74, 6) is 0. The van der Waals surface area contributed by atoms with Crippen molar-refractivity contribution >= 4 is 10.8 Å². The molecule has 0 bridgehead atoms. The van der Waals surface area contributed by atoms with Crippen molar-refractivity contribution in [2.45, 2.75) is 31.8 Å². The Labute approximate surface area is 121 Å². The summed E-state index contributed by atoms with van der Waals surface area (Å²) in [4.78, 5) is 6.68. The van der Waals surface area contributed by atoms with Crippen LogP contribution in [0.25, 0.3) is 10.8 Å². The number of nitrogens with one attached hydrogen (secondary N) is 1. The smallest absolute Gasteiger partial charge is 0.0346 e. The maximum atomic E-state index is 4.19. The summed E-state index contributed by atoms with van der Waals surface area (Å²) in [6.07, 6.45) is 7.86. The van der Waals surface area contributed by atoms with E-state index in [4.69, 9.17) is 0 Å². The van der Waals surface area contributed by atoms with E-state index in [1.807, 2.05) is 12.4 Å². The molecule has 2 aromatic rings. The predicted octanol–water partition coefficient (Wildman–Crippen LogP) is 2.81. The van der Waals surface area contributed by atoms with Gasteiger partial charge in [-0.05, 0) is 43.5 Å². The van der Waals surface area contributed by atoms with Gasteiger partial charge in [0.15, 0.2) is 0 Å². The SMILES string of the molecule is CN1CCCCC1CNCc1cccc2cnccc12. The van der Waals surface area contributed by atoms with Crippen molar-refractivity contribution in [3.05, 3.63) is 42.2 Å². The number of rotatable bonds is 4. The molecule has 1 unspecified atom stereocenters. The van der Waals surface area contributed by atoms with Crippen LogP contribution in [-0.4, -0.2) is 36.1 Å². The molecule has 3 rings (SSSR count). The number of fused-ring (bicyclic) bond motifs is 1. The zero-order valence-corrected chi connectivity index (χ0v) is 12.2. The first kappa shape index (κ1) is 13.5. The Morgan fingerprint density at radius 2 is 2.25 bits per heavy atom. The number of benzene rings is 1. The molecule has 1 aliphatic rings. The van der Waals surface area contributed by atoms with Gasteiger partial charge in [-0.2, -0.15) is 0 Å². The van der Waals surface area contributed by atoms with Gasteiger partial charge in [0.2, 0.25) is 0 Å². The summed E-state index contributed by atoms with van der Waals surface area (Å²) in [7, 11) is 2.25. The standard InChI is InChI=1S/C17H23N3/c1-20-10-3-2-7-16(20)13-19-12-15-6-4-5-14-11-18-9-8-17(14)15/h4-6,8-9,11,16,19H,2-3,7,10,12-13H2,1H3. The van der Waals surface area contributed by atoms with Gasteiger partial charge in [-0.3, -0.25) is 4.98 Å². The molecule has 106 valence electrons. The van der Waals surface area contributed by atoms with E-state index in [0.29, 0.717) is 6.04 Å². The zero-order chi connectivity index (χ0) is 13.8. The fraction of sp³-hybridized carbons (Fsp3) is 0.471. The van der Waals surface area contributed by atoms with Gasteiger partial charge in [-0.1, -0.05) is 24.6 Å². The van der Waals surface area contributed by atoms with E-state index in [9.17, 15) is 0 Å². The molecule has 0 saturated carbocycles. The highest BCUT2D eigenvalue weighted by molar-refractivity contribution is 5.84. The van der Waals surface area contributed by atoms with Crippen molar-refractivity contribution in [1.29, 1.82) is 0 Å². The number of aromatic nitrogens is 1. The zero-order valence-electron chi connectivity index (χ0n) is 12.2. The van der Waals surface area contributed by atoms with Crippen molar-refractivity contribution in [3.63, 3.8) is 0 Å². The monoisotopic (exact) mass is 269 g/mol. The first-order valence-corrected chi connectivity index (χ1v) is 7.57. The van der Waals surface area contributed by atoms with Gasteiger partial charge in [0.25, 0.3) is 0 Å². The van der Waals surface area contributed by atoms with Crippen molar-refractivity contribution < 1.29 is 0 Å². The molecule has 0 radical (unpaired) electrons. The normalized spacial score (nSPS) is 20.4. The van der Waals surface area contributed by atoms with E-state index in [1.165, 1.54) is 42.1 Å². The van der Waals surface area contributed by atoms with Gasteiger partial charge >= 0.3 is 0 Å². The Balaban J connectivity index is 1.62. The van der Waals surface area contributed by atoms with Crippen LogP contribution in [0.3, 0.4) is 0 Å². The minimum absolute atomic E-state index is 0.695. The van der Waals surface area contributed by atoms with Crippen molar-refractivity contribution in [2.24, 2.45) is 0 Å². The summed E-state index contributed by atoms with van der Waals surface area (Å²) in [5, 5.41) is 6.17. The number of likely N-dealkylation sites (N-methyl/N-ethyl adjacent to an activating group) is 1. The lowest BCUT2D eigenvalue weighted by Crippen LogP contribution is -2.42. The van der Waals surface area contributed by atoms with Gasteiger partial charge in [0.1, 0.15) is 0 Å². The maximum Gasteiger partial charge on any atom is 0.0346 e. The van der Waals surface area contributed by atoms with E-state index in [0.717, 1.165) is 13.1 Å². The van der Waals surface area contributed by atoms with E-state index in [-0.39, 0.29) is 0 Å². The van der Waals surface area contributed by atoms with E-state index in [2.05, 4.69) is 46.5 Å². The Morgan fingerprint density at radius 1 is 1.30 bits per heavy atom. The molecule has 1 atom stereocenters. The minimum atomic E-state index is 0.695. The van der Waals surface area contributed by atoms with Gasteiger partial charge in [0.05, 0.1) is 0 Å². The number of likely N-dealkylation sites (tertiary alicyclic amines) is 1. The molecule has 2 heterocycles.